The summed E-state index contributed by atoms with van der Waals surface area (Å²) in [6, 6.07) is 14.8. The predicted molar refractivity (Wildman–Crippen MR) is 109 cm³/mol. The number of amides is 1. The van der Waals surface area contributed by atoms with Crippen LogP contribution in [-0.4, -0.2) is 31.4 Å². The van der Waals surface area contributed by atoms with E-state index in [9.17, 15) is 9.18 Å². The Bertz CT molecular complexity index is 960. The van der Waals surface area contributed by atoms with Gasteiger partial charge in [-0.3, -0.25) is 4.79 Å². The number of fused-ring (bicyclic) bond motifs is 1. The van der Waals surface area contributed by atoms with Gasteiger partial charge in [-0.1, -0.05) is 30.3 Å². The SMILES string of the molecule is CN(C)[C@@H](CNC(=O)C1(c2ccc(F)cc2)CC1)c1csc2ccccc12. The van der Waals surface area contributed by atoms with Gasteiger partial charge in [-0.05, 0) is 67.0 Å². The van der Waals surface area contributed by atoms with Crippen molar-refractivity contribution in [3.8, 4) is 0 Å². The number of halogens is 1. The Morgan fingerprint density at radius 1 is 1.19 bits per heavy atom. The van der Waals surface area contributed by atoms with Crippen molar-refractivity contribution in [2.75, 3.05) is 20.6 Å². The lowest BCUT2D eigenvalue weighted by molar-refractivity contribution is -0.123. The lowest BCUT2D eigenvalue weighted by Gasteiger charge is -2.26. The monoisotopic (exact) mass is 382 g/mol. The van der Waals surface area contributed by atoms with Crippen molar-refractivity contribution in [3.05, 3.63) is 70.9 Å². The predicted octanol–water partition coefficient (Wildman–Crippen LogP) is 4.49. The molecule has 3 aromatic rings. The number of nitrogens with one attached hydrogen (secondary N) is 1. The van der Waals surface area contributed by atoms with Gasteiger partial charge in [0.25, 0.3) is 0 Å². The van der Waals surface area contributed by atoms with Crippen molar-refractivity contribution >= 4 is 27.3 Å². The van der Waals surface area contributed by atoms with E-state index < -0.39 is 5.41 Å². The smallest absolute Gasteiger partial charge is 0.230 e. The molecule has 1 aliphatic rings. The van der Waals surface area contributed by atoms with Crippen molar-refractivity contribution in [3.63, 3.8) is 0 Å². The van der Waals surface area contributed by atoms with Crippen molar-refractivity contribution in [1.82, 2.24) is 10.2 Å². The van der Waals surface area contributed by atoms with Gasteiger partial charge in [0.2, 0.25) is 5.91 Å². The Kier molecular flexibility index (Phi) is 4.74. The van der Waals surface area contributed by atoms with Gasteiger partial charge in [-0.15, -0.1) is 11.3 Å². The van der Waals surface area contributed by atoms with Crippen molar-refractivity contribution in [2.45, 2.75) is 24.3 Å². The molecular formula is C22H23FN2OS. The van der Waals surface area contributed by atoms with Crippen LogP contribution in [0.3, 0.4) is 0 Å². The second kappa shape index (κ2) is 7.06. The second-order valence-corrected chi connectivity index (χ2v) is 8.38. The fourth-order valence-electron chi connectivity index (χ4n) is 3.73. The normalized spacial score (nSPS) is 16.4. The van der Waals surface area contributed by atoms with Crippen LogP contribution in [0.1, 0.15) is 30.0 Å². The van der Waals surface area contributed by atoms with Crippen LogP contribution < -0.4 is 5.32 Å². The summed E-state index contributed by atoms with van der Waals surface area (Å²) in [7, 11) is 4.08. The molecule has 1 aliphatic carbocycles. The fourth-order valence-corrected chi connectivity index (χ4v) is 4.73. The fraction of sp³-hybridized carbons (Fsp3) is 0.318. The van der Waals surface area contributed by atoms with Crippen molar-refractivity contribution in [1.29, 1.82) is 0 Å². The quantitative estimate of drug-likeness (QED) is 0.681. The molecule has 0 radical (unpaired) electrons. The van der Waals surface area contributed by atoms with E-state index in [0.29, 0.717) is 6.54 Å². The largest absolute Gasteiger partial charge is 0.353 e. The molecule has 140 valence electrons. The molecule has 0 saturated heterocycles. The molecule has 1 heterocycles. The molecule has 27 heavy (non-hydrogen) atoms. The number of hydrogen-bond acceptors (Lipinski definition) is 3. The Morgan fingerprint density at radius 2 is 1.89 bits per heavy atom. The number of likely N-dealkylation sites (N-methyl/N-ethyl adjacent to an activating group) is 1. The minimum atomic E-state index is -0.485. The van der Waals surface area contributed by atoms with E-state index >= 15 is 0 Å². The number of carbonyl (C=O) groups excluding carboxylic acids is 1. The van der Waals surface area contributed by atoms with E-state index in [0.717, 1.165) is 18.4 Å². The second-order valence-electron chi connectivity index (χ2n) is 7.47. The van der Waals surface area contributed by atoms with Crippen LogP contribution in [0.15, 0.2) is 53.9 Å². The van der Waals surface area contributed by atoms with Gasteiger partial charge in [0, 0.05) is 11.2 Å². The van der Waals surface area contributed by atoms with E-state index in [2.05, 4.69) is 39.9 Å². The Morgan fingerprint density at radius 3 is 2.56 bits per heavy atom. The molecule has 1 atom stereocenters. The lowest BCUT2D eigenvalue weighted by Crippen LogP contribution is -2.40. The molecule has 0 unspecified atom stereocenters. The number of rotatable bonds is 6. The number of hydrogen-bond donors (Lipinski definition) is 1. The number of carbonyl (C=O) groups is 1. The summed E-state index contributed by atoms with van der Waals surface area (Å²) in [5.74, 6) is -0.229. The number of benzene rings is 2. The Labute approximate surface area is 162 Å². The van der Waals surface area contributed by atoms with E-state index in [4.69, 9.17) is 0 Å². The first-order chi connectivity index (χ1) is 13.0. The summed E-state index contributed by atoms with van der Waals surface area (Å²) in [6.45, 7) is 0.551. The summed E-state index contributed by atoms with van der Waals surface area (Å²) >= 11 is 1.74. The third-order valence-corrected chi connectivity index (χ3v) is 6.51. The van der Waals surface area contributed by atoms with E-state index in [-0.39, 0.29) is 17.8 Å². The van der Waals surface area contributed by atoms with Crippen LogP contribution in [0.25, 0.3) is 10.1 Å². The Balaban J connectivity index is 1.52. The molecule has 0 bridgehead atoms. The maximum Gasteiger partial charge on any atom is 0.230 e. The first-order valence-electron chi connectivity index (χ1n) is 9.18. The van der Waals surface area contributed by atoms with E-state index in [1.165, 1.54) is 27.8 Å². The average Bonchev–Trinajstić information content (AvgIpc) is 3.37. The first-order valence-corrected chi connectivity index (χ1v) is 10.1. The Hall–Kier alpha value is -2.24. The maximum absolute atomic E-state index is 13.2. The molecule has 2 aromatic carbocycles. The van der Waals surface area contributed by atoms with Crippen LogP contribution in [0.4, 0.5) is 4.39 Å². The third-order valence-electron chi connectivity index (χ3n) is 5.53. The van der Waals surface area contributed by atoms with Gasteiger partial charge in [-0.2, -0.15) is 0 Å². The number of nitrogens with zero attached hydrogens (tertiary/aromatic N) is 1. The zero-order chi connectivity index (χ0) is 19.0. The van der Waals surface area contributed by atoms with Gasteiger partial charge >= 0.3 is 0 Å². The average molecular weight is 383 g/mol. The minimum absolute atomic E-state index is 0.0421. The van der Waals surface area contributed by atoms with Crippen LogP contribution in [-0.2, 0) is 10.2 Å². The molecule has 1 fully saturated rings. The summed E-state index contributed by atoms with van der Waals surface area (Å²) in [4.78, 5) is 15.1. The van der Waals surface area contributed by atoms with Crippen LogP contribution in [0.2, 0.25) is 0 Å². The lowest BCUT2D eigenvalue weighted by atomic mass is 9.94. The summed E-state index contributed by atoms with van der Waals surface area (Å²) in [5.41, 5.74) is 1.66. The zero-order valence-electron chi connectivity index (χ0n) is 15.5. The summed E-state index contributed by atoms with van der Waals surface area (Å²) < 4.78 is 14.5. The van der Waals surface area contributed by atoms with Crippen molar-refractivity contribution < 1.29 is 9.18 Å². The molecule has 3 nitrogen and oxygen atoms in total. The third kappa shape index (κ3) is 3.37. The van der Waals surface area contributed by atoms with Crippen LogP contribution in [0, 0.1) is 5.82 Å². The maximum atomic E-state index is 13.2. The molecule has 1 aromatic heterocycles. The van der Waals surface area contributed by atoms with Gasteiger partial charge < -0.3 is 10.2 Å². The van der Waals surface area contributed by atoms with Gasteiger partial charge in [0.1, 0.15) is 5.82 Å². The molecule has 1 N–H and O–H groups in total. The summed E-state index contributed by atoms with van der Waals surface area (Å²) in [6.07, 6.45) is 1.64. The summed E-state index contributed by atoms with van der Waals surface area (Å²) in [5, 5.41) is 6.60. The zero-order valence-corrected chi connectivity index (χ0v) is 16.4. The molecule has 5 heteroatoms. The van der Waals surface area contributed by atoms with E-state index in [1.54, 1.807) is 23.5 Å². The van der Waals surface area contributed by atoms with Crippen LogP contribution >= 0.6 is 11.3 Å². The van der Waals surface area contributed by atoms with E-state index in [1.807, 2.05) is 14.1 Å². The molecular weight excluding hydrogens is 359 g/mol. The highest BCUT2D eigenvalue weighted by Gasteiger charge is 2.51. The highest BCUT2D eigenvalue weighted by molar-refractivity contribution is 7.17. The molecule has 0 spiro atoms. The minimum Gasteiger partial charge on any atom is -0.353 e. The molecule has 1 amide bonds. The standard InChI is InChI=1S/C22H23FN2OS/c1-25(2)19(18-14-27-20-6-4-3-5-17(18)20)13-24-21(26)22(11-12-22)15-7-9-16(23)10-8-15/h3-10,14,19H,11-13H2,1-2H3,(H,24,26)/t19-/m0/s1. The van der Waals surface area contributed by atoms with Crippen LogP contribution in [0.5, 0.6) is 0 Å². The van der Waals surface area contributed by atoms with Crippen molar-refractivity contribution in [2.24, 2.45) is 0 Å². The first kappa shape index (κ1) is 18.1. The molecule has 4 rings (SSSR count). The molecule has 0 aliphatic heterocycles. The number of thiophene rings is 1. The highest BCUT2D eigenvalue weighted by atomic mass is 32.1. The molecule has 1 saturated carbocycles. The van der Waals surface area contributed by atoms with Gasteiger partial charge in [0.15, 0.2) is 0 Å². The van der Waals surface area contributed by atoms with Gasteiger partial charge in [0.05, 0.1) is 11.5 Å². The van der Waals surface area contributed by atoms with Gasteiger partial charge in [-0.25, -0.2) is 4.39 Å². The highest BCUT2D eigenvalue weighted by Crippen LogP contribution is 2.48. The topological polar surface area (TPSA) is 32.3 Å².